The average molecular weight is 377 g/mol. The van der Waals surface area contributed by atoms with E-state index in [2.05, 4.69) is 20.0 Å². The molecule has 1 fully saturated rings. The van der Waals surface area contributed by atoms with Gasteiger partial charge in [0.15, 0.2) is 11.6 Å². The smallest absolute Gasteiger partial charge is 0.254 e. The number of carbonyl (C=O) groups excluding carboxylic acids is 1. The minimum Gasteiger partial charge on any atom is -0.380 e. The van der Waals surface area contributed by atoms with Gasteiger partial charge in [-0.1, -0.05) is 0 Å². The molecule has 0 aliphatic carbocycles. The summed E-state index contributed by atoms with van der Waals surface area (Å²) in [5, 5.41) is 5.91. The fourth-order valence-electron chi connectivity index (χ4n) is 3.42. The van der Waals surface area contributed by atoms with Gasteiger partial charge < -0.3 is 21.1 Å². The van der Waals surface area contributed by atoms with Gasteiger partial charge in [-0.25, -0.2) is 9.37 Å². The van der Waals surface area contributed by atoms with Crippen LogP contribution in [0.2, 0.25) is 0 Å². The van der Waals surface area contributed by atoms with Gasteiger partial charge in [-0.15, -0.1) is 0 Å². The number of aromatic nitrogens is 2. The predicted molar refractivity (Wildman–Crippen MR) is 96.7 cm³/mol. The van der Waals surface area contributed by atoms with Gasteiger partial charge in [0.2, 0.25) is 0 Å². The van der Waals surface area contributed by atoms with E-state index in [4.69, 9.17) is 10.5 Å². The molecule has 2 aliphatic rings. The molecule has 4 heterocycles. The monoisotopic (exact) mass is 377 g/mol. The fraction of sp³-hybridized carbons (Fsp3) is 0.471. The number of fused-ring (bicyclic) bond motifs is 1. The number of amides is 1. The minimum atomic E-state index is -0.505. The summed E-state index contributed by atoms with van der Waals surface area (Å²) >= 11 is 1.25. The Labute approximate surface area is 154 Å². The number of aryl methyl sites for hydroxylation is 1. The second-order valence-electron chi connectivity index (χ2n) is 6.72. The summed E-state index contributed by atoms with van der Waals surface area (Å²) < 4.78 is 24.8. The molecule has 7 nitrogen and oxygen atoms in total. The number of carbonyl (C=O) groups is 1. The molecular formula is C17H20FN5O2S. The number of ether oxygens (including phenoxy) is 1. The zero-order chi connectivity index (χ0) is 18.4. The highest BCUT2D eigenvalue weighted by atomic mass is 32.1. The number of rotatable bonds is 3. The van der Waals surface area contributed by atoms with Crippen molar-refractivity contribution in [3.05, 3.63) is 28.7 Å². The lowest BCUT2D eigenvalue weighted by molar-refractivity contribution is 0.0751. The quantitative estimate of drug-likeness (QED) is 0.756. The zero-order valence-corrected chi connectivity index (χ0v) is 15.3. The van der Waals surface area contributed by atoms with Crippen molar-refractivity contribution < 1.29 is 13.9 Å². The first-order valence-corrected chi connectivity index (χ1v) is 9.31. The largest absolute Gasteiger partial charge is 0.380 e. The maximum atomic E-state index is 15.2. The molecule has 9 heteroatoms. The van der Waals surface area contributed by atoms with Crippen LogP contribution >= 0.6 is 11.5 Å². The fourth-order valence-corrected chi connectivity index (χ4v) is 4.18. The number of nitrogens with zero attached hydrogens (tertiary/aromatic N) is 2. The summed E-state index contributed by atoms with van der Waals surface area (Å²) in [5.74, 6) is -0.695. The van der Waals surface area contributed by atoms with Crippen molar-refractivity contribution in [2.24, 2.45) is 5.73 Å². The third-order valence-electron chi connectivity index (χ3n) is 4.77. The summed E-state index contributed by atoms with van der Waals surface area (Å²) in [4.78, 5) is 17.6. The van der Waals surface area contributed by atoms with Gasteiger partial charge in [0.05, 0.1) is 34.5 Å². The summed E-state index contributed by atoms with van der Waals surface area (Å²) in [7, 11) is 0. The zero-order valence-electron chi connectivity index (χ0n) is 14.5. The molecule has 0 bridgehead atoms. The van der Waals surface area contributed by atoms with E-state index < -0.39 is 11.9 Å². The average Bonchev–Trinajstić information content (AvgIpc) is 3.16. The molecule has 2 aromatic heterocycles. The number of halogens is 1. The molecule has 4 rings (SSSR count). The van der Waals surface area contributed by atoms with Crippen LogP contribution < -0.4 is 16.4 Å². The number of nitrogens with one attached hydrogen (secondary N) is 2. The van der Waals surface area contributed by atoms with Crippen molar-refractivity contribution >= 4 is 23.3 Å². The Morgan fingerprint density at radius 3 is 3.00 bits per heavy atom. The summed E-state index contributed by atoms with van der Waals surface area (Å²) in [5.41, 5.74) is 8.00. The van der Waals surface area contributed by atoms with Gasteiger partial charge in [0, 0.05) is 24.3 Å². The predicted octanol–water partition coefficient (Wildman–Crippen LogP) is 1.99. The van der Waals surface area contributed by atoms with Crippen LogP contribution in [0, 0.1) is 12.7 Å². The van der Waals surface area contributed by atoms with Crippen LogP contribution in [0.4, 0.5) is 10.2 Å². The SMILES string of the molecule is Cc1cc(-c2nc(N[C@@H]3CCOC[C@@H]3N)c(F)c3c2C(=O)N[C@@H]3C)sn1. The van der Waals surface area contributed by atoms with Crippen molar-refractivity contribution in [2.75, 3.05) is 18.5 Å². The highest BCUT2D eigenvalue weighted by Gasteiger charge is 2.36. The Morgan fingerprint density at radius 2 is 2.31 bits per heavy atom. The highest BCUT2D eigenvalue weighted by Crippen LogP contribution is 2.38. The van der Waals surface area contributed by atoms with Gasteiger partial charge in [0.25, 0.3) is 5.91 Å². The van der Waals surface area contributed by atoms with E-state index in [-0.39, 0.29) is 23.8 Å². The molecule has 0 radical (unpaired) electrons. The Kier molecular flexibility index (Phi) is 4.37. The van der Waals surface area contributed by atoms with Crippen LogP contribution in [-0.4, -0.2) is 40.6 Å². The second kappa shape index (κ2) is 6.57. The molecule has 138 valence electrons. The molecule has 1 saturated heterocycles. The summed E-state index contributed by atoms with van der Waals surface area (Å²) in [6, 6.07) is 1.05. The maximum Gasteiger partial charge on any atom is 0.254 e. The normalized spacial score (nSPS) is 25.1. The molecule has 2 aliphatic heterocycles. The van der Waals surface area contributed by atoms with E-state index in [1.807, 2.05) is 13.0 Å². The van der Waals surface area contributed by atoms with Crippen LogP contribution in [0.5, 0.6) is 0 Å². The lowest BCUT2D eigenvalue weighted by atomic mass is 10.0. The topological polar surface area (TPSA) is 102 Å². The van der Waals surface area contributed by atoms with E-state index in [9.17, 15) is 4.79 Å². The van der Waals surface area contributed by atoms with E-state index in [1.165, 1.54) is 11.5 Å². The standard InChI is InChI=1S/C17H20FN5O2S/c1-7-5-11(26-23-7)15-13-12(8(2)20-17(13)24)14(18)16(22-15)21-10-3-4-25-6-9(10)19/h5,8-10H,3-4,6,19H2,1-2H3,(H,20,24)(H,21,22)/t8-,9+,10-/m1/s1. The molecular weight excluding hydrogens is 357 g/mol. The van der Waals surface area contributed by atoms with Crippen LogP contribution in [0.3, 0.4) is 0 Å². The Bertz CT molecular complexity index is 871. The van der Waals surface area contributed by atoms with Crippen LogP contribution in [0.25, 0.3) is 10.6 Å². The van der Waals surface area contributed by atoms with Crippen LogP contribution in [0.1, 0.15) is 41.0 Å². The van der Waals surface area contributed by atoms with Gasteiger partial charge in [-0.05, 0) is 37.9 Å². The number of anilines is 1. The molecule has 4 N–H and O–H groups in total. The van der Waals surface area contributed by atoms with Crippen molar-refractivity contribution in [1.82, 2.24) is 14.7 Å². The van der Waals surface area contributed by atoms with Crippen molar-refractivity contribution in [3.8, 4) is 10.6 Å². The van der Waals surface area contributed by atoms with Gasteiger partial charge in [-0.3, -0.25) is 4.79 Å². The lowest BCUT2D eigenvalue weighted by Gasteiger charge is -2.30. The van der Waals surface area contributed by atoms with Gasteiger partial charge in [-0.2, -0.15) is 4.37 Å². The molecule has 3 atom stereocenters. The van der Waals surface area contributed by atoms with Gasteiger partial charge in [0.1, 0.15) is 0 Å². The van der Waals surface area contributed by atoms with E-state index >= 15 is 4.39 Å². The molecule has 0 unspecified atom stereocenters. The summed E-state index contributed by atoms with van der Waals surface area (Å²) in [6.45, 7) is 4.61. The maximum absolute atomic E-state index is 15.2. The molecule has 1 amide bonds. The Balaban J connectivity index is 1.82. The minimum absolute atomic E-state index is 0.121. The van der Waals surface area contributed by atoms with Crippen molar-refractivity contribution in [2.45, 2.75) is 38.4 Å². The Hall–Kier alpha value is -2.10. The first-order chi connectivity index (χ1) is 12.5. The summed E-state index contributed by atoms with van der Waals surface area (Å²) in [6.07, 6.45) is 0.668. The molecule has 26 heavy (non-hydrogen) atoms. The van der Waals surface area contributed by atoms with Gasteiger partial charge >= 0.3 is 0 Å². The highest BCUT2D eigenvalue weighted by molar-refractivity contribution is 7.09. The Morgan fingerprint density at radius 1 is 1.50 bits per heavy atom. The lowest BCUT2D eigenvalue weighted by Crippen LogP contribution is -2.48. The second-order valence-corrected chi connectivity index (χ2v) is 7.52. The molecule has 0 aromatic carbocycles. The molecule has 2 aromatic rings. The first kappa shape index (κ1) is 17.3. The van der Waals surface area contributed by atoms with Crippen LogP contribution in [0.15, 0.2) is 6.07 Å². The van der Waals surface area contributed by atoms with E-state index in [0.717, 1.165) is 10.6 Å². The van der Waals surface area contributed by atoms with Crippen molar-refractivity contribution in [3.63, 3.8) is 0 Å². The van der Waals surface area contributed by atoms with E-state index in [1.54, 1.807) is 6.92 Å². The van der Waals surface area contributed by atoms with E-state index in [0.29, 0.717) is 36.5 Å². The van der Waals surface area contributed by atoms with Crippen LogP contribution in [-0.2, 0) is 4.74 Å². The number of hydrogen-bond donors (Lipinski definition) is 3. The third kappa shape index (κ3) is 2.85. The molecule has 0 saturated carbocycles. The first-order valence-electron chi connectivity index (χ1n) is 8.53. The number of pyridine rings is 1. The number of nitrogens with two attached hydrogens (primary N) is 1. The number of hydrogen-bond acceptors (Lipinski definition) is 7. The third-order valence-corrected chi connectivity index (χ3v) is 5.65. The van der Waals surface area contributed by atoms with Crippen molar-refractivity contribution in [1.29, 1.82) is 0 Å². The molecule has 0 spiro atoms.